The van der Waals surface area contributed by atoms with Crippen LogP contribution in [-0.2, 0) is 9.53 Å². The van der Waals surface area contributed by atoms with Gasteiger partial charge in [-0.2, -0.15) is 0 Å². The molecule has 0 saturated heterocycles. The average Bonchev–Trinajstić information content (AvgIpc) is 3.02. The summed E-state index contributed by atoms with van der Waals surface area (Å²) in [6, 6.07) is 10.5. The van der Waals surface area contributed by atoms with Gasteiger partial charge >= 0.3 is 11.7 Å². The molecule has 0 bridgehead atoms. The lowest BCUT2D eigenvalue weighted by Crippen LogP contribution is -2.05. The van der Waals surface area contributed by atoms with Crippen molar-refractivity contribution < 1.29 is 24.1 Å². The van der Waals surface area contributed by atoms with Gasteiger partial charge in [-0.1, -0.05) is 18.2 Å². The number of aliphatic imine (C=N–C) groups is 1. The minimum atomic E-state index is -0.806. The van der Waals surface area contributed by atoms with E-state index < -0.39 is 27.2 Å². The fraction of sp³-hybridized carbons (Fsp3) is 0.0588. The van der Waals surface area contributed by atoms with E-state index in [0.29, 0.717) is 5.56 Å². The van der Waals surface area contributed by atoms with Crippen molar-refractivity contribution in [1.29, 1.82) is 0 Å². The molecule has 136 valence electrons. The van der Waals surface area contributed by atoms with Gasteiger partial charge in [0, 0.05) is 17.2 Å². The Bertz CT molecular complexity index is 1010. The highest BCUT2D eigenvalue weighted by atomic mass is 16.6. The third kappa shape index (κ3) is 3.49. The molecule has 1 aliphatic rings. The number of benzene rings is 2. The maximum Gasteiger partial charge on any atom is 0.363 e. The van der Waals surface area contributed by atoms with Crippen LogP contribution in [0.15, 0.2) is 53.2 Å². The predicted octanol–water partition coefficient (Wildman–Crippen LogP) is 2.86. The molecule has 3 rings (SSSR count). The Balaban J connectivity index is 2.13. The number of non-ortho nitro benzene ring substituents is 1. The molecule has 27 heavy (non-hydrogen) atoms. The summed E-state index contributed by atoms with van der Waals surface area (Å²) in [4.78, 5) is 36.8. The van der Waals surface area contributed by atoms with Gasteiger partial charge in [0.1, 0.15) is 0 Å². The first-order valence-electron chi connectivity index (χ1n) is 7.49. The van der Waals surface area contributed by atoms with Crippen molar-refractivity contribution in [3.05, 3.63) is 79.5 Å². The summed E-state index contributed by atoms with van der Waals surface area (Å²) in [6.07, 6.45) is 1.15. The Labute approximate surface area is 151 Å². The van der Waals surface area contributed by atoms with E-state index in [1.54, 1.807) is 30.3 Å². The van der Waals surface area contributed by atoms with Crippen LogP contribution < -0.4 is 4.74 Å². The number of carbonyl (C=O) groups excluding carboxylic acids is 1. The number of hydrogen-bond donors (Lipinski definition) is 0. The zero-order chi connectivity index (χ0) is 19.6. The fourth-order valence-corrected chi connectivity index (χ4v) is 2.45. The van der Waals surface area contributed by atoms with Gasteiger partial charge in [-0.15, -0.1) is 0 Å². The third-order valence-corrected chi connectivity index (χ3v) is 3.63. The lowest BCUT2D eigenvalue weighted by atomic mass is 10.1. The van der Waals surface area contributed by atoms with E-state index in [4.69, 9.17) is 9.47 Å². The lowest BCUT2D eigenvalue weighted by molar-refractivity contribution is -0.394. The number of ether oxygens (including phenoxy) is 2. The number of cyclic esters (lactones) is 1. The quantitative estimate of drug-likeness (QED) is 0.342. The number of nitro benzene ring substituents is 2. The summed E-state index contributed by atoms with van der Waals surface area (Å²) in [7, 11) is 1.18. The van der Waals surface area contributed by atoms with Crippen LogP contribution in [0.5, 0.6) is 5.75 Å². The topological polar surface area (TPSA) is 134 Å². The highest BCUT2D eigenvalue weighted by Crippen LogP contribution is 2.37. The molecular weight excluding hydrogens is 358 g/mol. The van der Waals surface area contributed by atoms with Crippen molar-refractivity contribution in [1.82, 2.24) is 0 Å². The maximum atomic E-state index is 12.1. The highest BCUT2D eigenvalue weighted by Gasteiger charge is 2.28. The van der Waals surface area contributed by atoms with Crippen LogP contribution in [0.4, 0.5) is 11.4 Å². The number of methoxy groups -OCH3 is 1. The summed E-state index contributed by atoms with van der Waals surface area (Å²) in [6.45, 7) is 0. The van der Waals surface area contributed by atoms with E-state index in [-0.39, 0.29) is 22.9 Å². The van der Waals surface area contributed by atoms with Crippen LogP contribution in [0.1, 0.15) is 11.1 Å². The standard InChI is InChI=1S/C17H11N3O7/c1-26-15-11(7-12(19(22)23)9-14(15)20(24)25)8-13-17(21)27-16(18-13)10-5-3-2-4-6-10/h2-9H,1H3/b13-8-. The Morgan fingerprint density at radius 1 is 1.11 bits per heavy atom. The van der Waals surface area contributed by atoms with Gasteiger partial charge in [0.05, 0.1) is 23.0 Å². The van der Waals surface area contributed by atoms with Crippen LogP contribution in [0.2, 0.25) is 0 Å². The molecule has 0 unspecified atom stereocenters. The van der Waals surface area contributed by atoms with Crippen molar-refractivity contribution in [3.63, 3.8) is 0 Å². The number of nitrogens with zero attached hydrogens (tertiary/aromatic N) is 3. The van der Waals surface area contributed by atoms with Crippen LogP contribution in [-0.4, -0.2) is 28.8 Å². The van der Waals surface area contributed by atoms with Gasteiger partial charge in [0.2, 0.25) is 11.6 Å². The molecule has 0 aliphatic carbocycles. The smallest absolute Gasteiger partial charge is 0.363 e. The summed E-state index contributed by atoms with van der Waals surface area (Å²) in [5.41, 5.74) is -0.762. The van der Waals surface area contributed by atoms with Gasteiger partial charge in [-0.25, -0.2) is 9.79 Å². The minimum Gasteiger partial charge on any atom is -0.490 e. The molecule has 2 aromatic rings. The molecule has 0 amide bonds. The fourth-order valence-electron chi connectivity index (χ4n) is 2.45. The van der Waals surface area contributed by atoms with Gasteiger partial charge in [0.25, 0.3) is 5.69 Å². The molecule has 0 N–H and O–H groups in total. The Morgan fingerprint density at radius 3 is 2.41 bits per heavy atom. The average molecular weight is 369 g/mol. The molecule has 0 aromatic heterocycles. The molecule has 0 saturated carbocycles. The Kier molecular flexibility index (Phi) is 4.62. The van der Waals surface area contributed by atoms with Gasteiger partial charge in [0.15, 0.2) is 5.70 Å². The molecule has 0 fully saturated rings. The molecule has 1 heterocycles. The normalized spacial score (nSPS) is 14.6. The van der Waals surface area contributed by atoms with Crippen LogP contribution >= 0.6 is 0 Å². The first-order valence-corrected chi connectivity index (χ1v) is 7.49. The van der Waals surface area contributed by atoms with Crippen molar-refractivity contribution in [2.24, 2.45) is 4.99 Å². The number of rotatable bonds is 5. The van der Waals surface area contributed by atoms with Gasteiger partial charge < -0.3 is 9.47 Å². The van der Waals surface area contributed by atoms with Crippen molar-refractivity contribution >= 4 is 29.3 Å². The number of esters is 1. The maximum absolute atomic E-state index is 12.1. The van der Waals surface area contributed by atoms with Crippen LogP contribution in [0, 0.1) is 20.2 Å². The summed E-state index contributed by atoms with van der Waals surface area (Å²) >= 11 is 0. The Morgan fingerprint density at radius 2 is 1.81 bits per heavy atom. The van der Waals surface area contributed by atoms with E-state index in [0.717, 1.165) is 18.2 Å². The number of carbonyl (C=O) groups is 1. The van der Waals surface area contributed by atoms with E-state index in [9.17, 15) is 25.0 Å². The molecule has 0 atom stereocenters. The van der Waals surface area contributed by atoms with Crippen molar-refractivity contribution in [2.75, 3.05) is 7.11 Å². The molecule has 2 aromatic carbocycles. The predicted molar refractivity (Wildman–Crippen MR) is 93.4 cm³/mol. The second-order valence-corrected chi connectivity index (χ2v) is 5.30. The molecule has 1 aliphatic heterocycles. The lowest BCUT2D eigenvalue weighted by Gasteiger charge is -2.06. The molecular formula is C17H11N3O7. The van der Waals surface area contributed by atoms with E-state index in [1.165, 1.54) is 7.11 Å². The summed E-state index contributed by atoms with van der Waals surface area (Å²) < 4.78 is 10.1. The zero-order valence-corrected chi connectivity index (χ0v) is 13.8. The van der Waals surface area contributed by atoms with Crippen molar-refractivity contribution in [2.45, 2.75) is 0 Å². The van der Waals surface area contributed by atoms with Crippen LogP contribution in [0.3, 0.4) is 0 Å². The minimum absolute atomic E-state index is 0.0385. The van der Waals surface area contributed by atoms with E-state index >= 15 is 0 Å². The first-order chi connectivity index (χ1) is 12.9. The second kappa shape index (κ2) is 7.04. The molecule has 0 radical (unpaired) electrons. The zero-order valence-electron chi connectivity index (χ0n) is 13.8. The SMILES string of the molecule is COc1c(/C=C2\N=C(c3ccccc3)OC2=O)cc([N+](=O)[O-])cc1[N+](=O)[O-]. The summed E-state index contributed by atoms with van der Waals surface area (Å²) in [5, 5.41) is 22.3. The van der Waals surface area contributed by atoms with Gasteiger partial charge in [-0.05, 0) is 18.2 Å². The first kappa shape index (κ1) is 17.7. The molecule has 0 spiro atoms. The van der Waals surface area contributed by atoms with Crippen molar-refractivity contribution in [3.8, 4) is 5.75 Å². The Hall–Kier alpha value is -4.08. The third-order valence-electron chi connectivity index (χ3n) is 3.63. The second-order valence-electron chi connectivity index (χ2n) is 5.30. The number of hydrogen-bond acceptors (Lipinski definition) is 8. The molecule has 10 nitrogen and oxygen atoms in total. The van der Waals surface area contributed by atoms with Gasteiger partial charge in [-0.3, -0.25) is 20.2 Å². The van der Waals surface area contributed by atoms with E-state index in [2.05, 4.69) is 4.99 Å². The van der Waals surface area contributed by atoms with Crippen LogP contribution in [0.25, 0.3) is 6.08 Å². The largest absolute Gasteiger partial charge is 0.490 e. The van der Waals surface area contributed by atoms with E-state index in [1.807, 2.05) is 0 Å². The monoisotopic (exact) mass is 369 g/mol. The molecule has 10 heteroatoms. The highest BCUT2D eigenvalue weighted by molar-refractivity contribution is 6.13. The summed E-state index contributed by atoms with van der Waals surface area (Å²) in [5.74, 6) is -0.954. The number of nitro groups is 2.